The molecule has 1 aliphatic heterocycles. The fraction of sp³-hybridized carbons (Fsp3) is 0.258. The van der Waals surface area contributed by atoms with Gasteiger partial charge < -0.3 is 14.4 Å². The predicted octanol–water partition coefficient (Wildman–Crippen LogP) is 4.84. The van der Waals surface area contributed by atoms with E-state index in [4.69, 9.17) is 14.5 Å². The van der Waals surface area contributed by atoms with E-state index in [1.54, 1.807) is 18.4 Å². The summed E-state index contributed by atoms with van der Waals surface area (Å²) in [5.74, 6) is 0.239. The van der Waals surface area contributed by atoms with Gasteiger partial charge >= 0.3 is 5.97 Å². The molecule has 0 saturated carbocycles. The third-order valence-electron chi connectivity index (χ3n) is 6.75. The Morgan fingerprint density at radius 3 is 2.45 bits per heavy atom. The number of allylic oxidation sites excluding steroid dienone is 1. The minimum absolute atomic E-state index is 0. The van der Waals surface area contributed by atoms with Crippen LogP contribution in [-0.4, -0.2) is 37.8 Å². The molecule has 0 aliphatic carbocycles. The number of hydrogen-bond donors (Lipinski definition) is 0. The van der Waals surface area contributed by atoms with Crippen LogP contribution in [0.5, 0.6) is 5.75 Å². The first-order chi connectivity index (χ1) is 18.8. The van der Waals surface area contributed by atoms with Crippen molar-refractivity contribution in [3.63, 3.8) is 0 Å². The number of thiazole rings is 1. The molecule has 0 N–H and O–H groups in total. The van der Waals surface area contributed by atoms with Crippen molar-refractivity contribution < 1.29 is 14.3 Å². The van der Waals surface area contributed by atoms with Gasteiger partial charge in [0.2, 0.25) is 0 Å². The number of ether oxygens (including phenoxy) is 2. The number of halogens is 1. The molecule has 40 heavy (non-hydrogen) atoms. The summed E-state index contributed by atoms with van der Waals surface area (Å²) >= 11 is 1.31. The highest BCUT2D eigenvalue weighted by atomic mass is 35.5. The lowest BCUT2D eigenvalue weighted by Gasteiger charge is -2.25. The lowest BCUT2D eigenvalue weighted by molar-refractivity contribution is -0.139. The maximum atomic E-state index is 14.1. The lowest BCUT2D eigenvalue weighted by Crippen LogP contribution is -2.40. The number of hydrogen-bond acceptors (Lipinski definition) is 7. The summed E-state index contributed by atoms with van der Waals surface area (Å²) < 4.78 is 13.5. The molecule has 9 heteroatoms. The third kappa shape index (κ3) is 5.29. The Morgan fingerprint density at radius 1 is 1.05 bits per heavy atom. The lowest BCUT2D eigenvalue weighted by atomic mass is 9.95. The molecule has 1 atom stereocenters. The minimum atomic E-state index is -0.655. The van der Waals surface area contributed by atoms with Crippen LogP contribution in [-0.2, 0) is 9.53 Å². The van der Waals surface area contributed by atoms with Crippen LogP contribution >= 0.6 is 23.7 Å². The molecule has 0 spiro atoms. The van der Waals surface area contributed by atoms with Crippen molar-refractivity contribution in [2.24, 2.45) is 4.99 Å². The monoisotopic (exact) mass is 577 g/mol. The van der Waals surface area contributed by atoms with Crippen LogP contribution in [0.3, 0.4) is 0 Å². The molecular formula is C31H32ClN3O4S. The molecule has 0 radical (unpaired) electrons. The summed E-state index contributed by atoms with van der Waals surface area (Å²) in [6, 6.07) is 19.2. The van der Waals surface area contributed by atoms with Crippen LogP contribution in [0, 0.1) is 0 Å². The van der Waals surface area contributed by atoms with E-state index in [1.807, 2.05) is 92.7 Å². The second-order valence-corrected chi connectivity index (χ2v) is 10.4. The van der Waals surface area contributed by atoms with E-state index in [0.29, 0.717) is 33.0 Å². The van der Waals surface area contributed by atoms with Crippen LogP contribution < -0.4 is 24.5 Å². The standard InChI is InChI=1S/C31H31N3O4S.ClH/c1-6-37-25-17-14-20-10-8-9-11-23(20)24(25)18-26-29(35)34-28(21-12-15-22(16-13-21)33(4)5)27(30(36)38-7-2)19(3)32-31(34)39-26;/h8-18,28H,6-7H2,1-5H3;1H/b26-18-;. The van der Waals surface area contributed by atoms with Crippen LogP contribution in [0.4, 0.5) is 5.69 Å². The van der Waals surface area contributed by atoms with Crippen LogP contribution in [0.1, 0.15) is 37.9 Å². The van der Waals surface area contributed by atoms with Gasteiger partial charge in [0.1, 0.15) is 5.75 Å². The van der Waals surface area contributed by atoms with Gasteiger partial charge in [0.25, 0.3) is 5.56 Å². The van der Waals surface area contributed by atoms with Crippen LogP contribution in [0.15, 0.2) is 81.7 Å². The molecule has 2 heterocycles. The maximum Gasteiger partial charge on any atom is 0.338 e. The largest absolute Gasteiger partial charge is 0.493 e. The summed E-state index contributed by atoms with van der Waals surface area (Å²) in [4.78, 5) is 34.5. The van der Waals surface area contributed by atoms with E-state index >= 15 is 0 Å². The Bertz CT molecular complexity index is 1770. The van der Waals surface area contributed by atoms with Gasteiger partial charge in [-0.15, -0.1) is 12.4 Å². The number of carbonyl (C=O) groups is 1. The van der Waals surface area contributed by atoms with E-state index in [-0.39, 0.29) is 24.6 Å². The summed E-state index contributed by atoms with van der Waals surface area (Å²) in [6.07, 6.45) is 1.88. The van der Waals surface area contributed by atoms with E-state index in [0.717, 1.165) is 27.6 Å². The number of esters is 1. The van der Waals surface area contributed by atoms with Gasteiger partial charge in [-0.1, -0.05) is 53.8 Å². The number of benzene rings is 3. The van der Waals surface area contributed by atoms with Gasteiger partial charge in [-0.05, 0) is 61.4 Å². The first-order valence-corrected chi connectivity index (χ1v) is 13.8. The number of fused-ring (bicyclic) bond motifs is 2. The normalized spacial score (nSPS) is 14.8. The van der Waals surface area contributed by atoms with Crippen LogP contribution in [0.25, 0.3) is 16.8 Å². The smallest absolute Gasteiger partial charge is 0.338 e. The number of aromatic nitrogens is 1. The van der Waals surface area contributed by atoms with Crippen molar-refractivity contribution in [2.45, 2.75) is 26.8 Å². The van der Waals surface area contributed by atoms with Crippen molar-refractivity contribution in [1.29, 1.82) is 0 Å². The second-order valence-electron chi connectivity index (χ2n) is 9.42. The average Bonchev–Trinajstić information content (AvgIpc) is 3.23. The topological polar surface area (TPSA) is 73.1 Å². The molecule has 7 nitrogen and oxygen atoms in total. The van der Waals surface area contributed by atoms with Gasteiger partial charge in [0.15, 0.2) is 4.80 Å². The van der Waals surface area contributed by atoms with Crippen molar-refractivity contribution in [1.82, 2.24) is 4.57 Å². The highest BCUT2D eigenvalue weighted by Crippen LogP contribution is 2.32. The number of rotatable bonds is 7. The molecule has 0 amide bonds. The summed E-state index contributed by atoms with van der Waals surface area (Å²) in [5.41, 5.74) is 3.37. The molecule has 0 fully saturated rings. The van der Waals surface area contributed by atoms with E-state index in [2.05, 4.69) is 0 Å². The van der Waals surface area contributed by atoms with Crippen molar-refractivity contribution >= 4 is 52.2 Å². The van der Waals surface area contributed by atoms with Crippen molar-refractivity contribution in [3.05, 3.63) is 103 Å². The van der Waals surface area contributed by atoms with Gasteiger partial charge in [-0.25, -0.2) is 9.79 Å². The zero-order valence-electron chi connectivity index (χ0n) is 23.1. The van der Waals surface area contributed by atoms with Gasteiger partial charge in [-0.3, -0.25) is 9.36 Å². The van der Waals surface area contributed by atoms with E-state index in [9.17, 15) is 9.59 Å². The maximum absolute atomic E-state index is 14.1. The zero-order chi connectivity index (χ0) is 27.7. The molecular weight excluding hydrogens is 546 g/mol. The molecule has 1 aromatic heterocycles. The Hall–Kier alpha value is -3.88. The third-order valence-corrected chi connectivity index (χ3v) is 7.73. The van der Waals surface area contributed by atoms with Gasteiger partial charge in [0.05, 0.1) is 35.1 Å². The van der Waals surface area contributed by atoms with E-state index in [1.165, 1.54) is 11.3 Å². The molecule has 4 aromatic rings. The fourth-order valence-electron chi connectivity index (χ4n) is 4.90. The van der Waals surface area contributed by atoms with Gasteiger partial charge in [0, 0.05) is 25.3 Å². The molecule has 1 unspecified atom stereocenters. The van der Waals surface area contributed by atoms with E-state index < -0.39 is 12.0 Å². The Kier molecular flexibility index (Phi) is 8.81. The molecule has 3 aromatic carbocycles. The molecule has 1 aliphatic rings. The van der Waals surface area contributed by atoms with Crippen molar-refractivity contribution in [2.75, 3.05) is 32.2 Å². The second kappa shape index (κ2) is 12.1. The minimum Gasteiger partial charge on any atom is -0.493 e. The SMILES string of the molecule is CCOC(=O)C1=C(C)N=c2s/c(=C\c3c(OCC)ccc4ccccc34)c(=O)n2C1c1ccc(N(C)C)cc1.Cl. The summed E-state index contributed by atoms with van der Waals surface area (Å²) in [5, 5.41) is 2.05. The first kappa shape index (κ1) is 29.1. The molecule has 208 valence electrons. The molecule has 5 rings (SSSR count). The Morgan fingerprint density at radius 2 is 1.77 bits per heavy atom. The highest BCUT2D eigenvalue weighted by molar-refractivity contribution is 7.07. The predicted molar refractivity (Wildman–Crippen MR) is 164 cm³/mol. The Labute approximate surface area is 243 Å². The molecule has 0 saturated heterocycles. The molecule has 0 bridgehead atoms. The summed E-state index contributed by atoms with van der Waals surface area (Å²) in [7, 11) is 3.94. The number of anilines is 1. The summed E-state index contributed by atoms with van der Waals surface area (Å²) in [6.45, 7) is 6.24. The first-order valence-electron chi connectivity index (χ1n) is 13.0. The fourth-order valence-corrected chi connectivity index (χ4v) is 5.93. The average molecular weight is 578 g/mol. The van der Waals surface area contributed by atoms with Crippen LogP contribution in [0.2, 0.25) is 0 Å². The number of nitrogens with zero attached hydrogens (tertiary/aromatic N) is 3. The quantitative estimate of drug-likeness (QED) is 0.294. The number of carbonyl (C=O) groups excluding carboxylic acids is 1. The Balaban J connectivity index is 0.00000370. The zero-order valence-corrected chi connectivity index (χ0v) is 24.8. The van der Waals surface area contributed by atoms with Gasteiger partial charge in [-0.2, -0.15) is 0 Å². The van der Waals surface area contributed by atoms with Crippen molar-refractivity contribution in [3.8, 4) is 5.75 Å². The highest BCUT2D eigenvalue weighted by Gasteiger charge is 2.33.